The minimum absolute atomic E-state index is 0.0156. The highest BCUT2D eigenvalue weighted by atomic mass is 32.2. The van der Waals surface area contributed by atoms with Crippen LogP contribution < -0.4 is 4.31 Å². The lowest BCUT2D eigenvalue weighted by atomic mass is 10.1. The maximum Gasteiger partial charge on any atom is 0.338 e. The summed E-state index contributed by atoms with van der Waals surface area (Å²) in [5, 5.41) is 0.890. The second-order valence-corrected chi connectivity index (χ2v) is 8.67. The Morgan fingerprint density at radius 1 is 1.14 bits per heavy atom. The molecule has 0 radical (unpaired) electrons. The third-order valence-electron chi connectivity index (χ3n) is 5.00. The first-order valence-corrected chi connectivity index (χ1v) is 11.0. The van der Waals surface area contributed by atoms with Gasteiger partial charge in [-0.05, 0) is 43.2 Å². The molecule has 0 aliphatic carbocycles. The van der Waals surface area contributed by atoms with Gasteiger partial charge in [-0.15, -0.1) is 0 Å². The number of sulfonamides is 1. The second kappa shape index (κ2) is 6.98. The Balaban J connectivity index is 2.07. The van der Waals surface area contributed by atoms with Crippen molar-refractivity contribution in [3.8, 4) is 0 Å². The third-order valence-corrected chi connectivity index (χ3v) is 6.67. The highest BCUT2D eigenvalue weighted by molar-refractivity contribution is 7.93. The number of ether oxygens (including phenoxy) is 1. The Hall–Kier alpha value is -2.80. The first kappa shape index (κ1) is 18.6. The number of benzene rings is 2. The molecule has 0 unspecified atom stereocenters. The lowest BCUT2D eigenvalue weighted by Gasteiger charge is -2.24. The summed E-state index contributed by atoms with van der Waals surface area (Å²) in [6.45, 7) is 4.43. The summed E-state index contributed by atoms with van der Waals surface area (Å²) in [6.07, 6.45) is 2.78. The fourth-order valence-electron chi connectivity index (χ4n) is 3.75. The quantitative estimate of drug-likeness (QED) is 0.626. The highest BCUT2D eigenvalue weighted by Gasteiger charge is 2.32. The molecule has 0 fully saturated rings. The number of aromatic nitrogens is 1. The second-order valence-electron chi connectivity index (χ2n) is 6.73. The molecule has 28 heavy (non-hydrogen) atoms. The van der Waals surface area contributed by atoms with Gasteiger partial charge in [0.15, 0.2) is 0 Å². The van der Waals surface area contributed by atoms with Gasteiger partial charge in [0.05, 0.1) is 34.8 Å². The zero-order valence-corrected chi connectivity index (χ0v) is 16.7. The maximum atomic E-state index is 13.2. The molecule has 2 heterocycles. The molecule has 0 atom stereocenters. The van der Waals surface area contributed by atoms with E-state index >= 15 is 0 Å². The fraction of sp³-hybridized carbons (Fsp3) is 0.286. The smallest absolute Gasteiger partial charge is 0.338 e. The maximum absolute atomic E-state index is 13.2. The molecule has 1 aromatic heterocycles. The molecule has 0 saturated carbocycles. The van der Waals surface area contributed by atoms with Crippen molar-refractivity contribution in [3.63, 3.8) is 0 Å². The number of nitrogens with zero attached hydrogens (tertiary/aromatic N) is 2. The molecule has 3 aromatic rings. The van der Waals surface area contributed by atoms with E-state index in [-0.39, 0.29) is 12.4 Å². The topological polar surface area (TPSA) is 68.6 Å². The van der Waals surface area contributed by atoms with Crippen molar-refractivity contribution >= 4 is 38.3 Å². The number of hydrogen-bond donors (Lipinski definition) is 0. The van der Waals surface area contributed by atoms with E-state index in [1.54, 1.807) is 37.3 Å². The molecule has 7 heteroatoms. The van der Waals surface area contributed by atoms with Crippen molar-refractivity contribution in [2.45, 2.75) is 26.8 Å². The molecule has 1 aliphatic rings. The molecular weight excluding hydrogens is 376 g/mol. The van der Waals surface area contributed by atoms with Crippen LogP contribution in [-0.2, 0) is 27.7 Å². The van der Waals surface area contributed by atoms with E-state index in [2.05, 4.69) is 0 Å². The number of esters is 1. The van der Waals surface area contributed by atoms with Crippen LogP contribution in [0.15, 0.2) is 48.7 Å². The monoisotopic (exact) mass is 398 g/mol. The standard InChI is InChI=1S/C21H22N2O4S/c1-3-15-14-22-10-11-28(25,26)23(17-8-6-5-7-9-17)19-13-16(21(24)27-4-2)12-18(15)20(19)22/h5-9,12-14H,3-4,10-11H2,1-2H3. The van der Waals surface area contributed by atoms with Gasteiger partial charge in [0.25, 0.3) is 0 Å². The Morgan fingerprint density at radius 2 is 1.89 bits per heavy atom. The molecule has 1 aliphatic heterocycles. The SMILES string of the molecule is CCOC(=O)c1cc2c3c(c1)c(CC)cn3CCS(=O)(=O)N2c1ccccc1. The number of hydrogen-bond acceptors (Lipinski definition) is 4. The van der Waals surface area contributed by atoms with Gasteiger partial charge in [-0.25, -0.2) is 17.5 Å². The van der Waals surface area contributed by atoms with E-state index in [0.717, 1.165) is 22.9 Å². The van der Waals surface area contributed by atoms with Crippen LogP contribution >= 0.6 is 0 Å². The lowest BCUT2D eigenvalue weighted by Crippen LogP contribution is -2.28. The molecular formula is C21H22N2O4S. The lowest BCUT2D eigenvalue weighted by molar-refractivity contribution is 0.0526. The van der Waals surface area contributed by atoms with Crippen LogP contribution in [0.1, 0.15) is 29.8 Å². The predicted octanol–water partition coefficient (Wildman–Crippen LogP) is 3.86. The number of anilines is 2. The van der Waals surface area contributed by atoms with E-state index in [1.807, 2.05) is 29.8 Å². The summed E-state index contributed by atoms with van der Waals surface area (Å²) in [5.74, 6) is -0.469. The molecule has 0 N–H and O–H groups in total. The molecule has 6 nitrogen and oxygen atoms in total. The summed E-state index contributed by atoms with van der Waals surface area (Å²) in [7, 11) is -3.61. The van der Waals surface area contributed by atoms with E-state index in [4.69, 9.17) is 4.74 Å². The largest absolute Gasteiger partial charge is 0.462 e. The molecule has 146 valence electrons. The van der Waals surface area contributed by atoms with Gasteiger partial charge in [-0.2, -0.15) is 0 Å². The van der Waals surface area contributed by atoms with Crippen LogP contribution in [0.3, 0.4) is 0 Å². The van der Waals surface area contributed by atoms with E-state index in [0.29, 0.717) is 23.5 Å². The Bertz CT molecular complexity index is 1150. The summed E-state index contributed by atoms with van der Waals surface area (Å²) >= 11 is 0. The normalized spacial score (nSPS) is 15.4. The van der Waals surface area contributed by atoms with Crippen LogP contribution in [0, 0.1) is 0 Å². The van der Waals surface area contributed by atoms with Gasteiger partial charge in [0, 0.05) is 18.1 Å². The van der Waals surface area contributed by atoms with Gasteiger partial charge >= 0.3 is 5.97 Å². The minimum Gasteiger partial charge on any atom is -0.462 e. The van der Waals surface area contributed by atoms with Crippen molar-refractivity contribution in [2.75, 3.05) is 16.7 Å². The zero-order chi connectivity index (χ0) is 19.9. The van der Waals surface area contributed by atoms with Gasteiger partial charge in [-0.3, -0.25) is 0 Å². The fourth-order valence-corrected chi connectivity index (χ4v) is 5.24. The Morgan fingerprint density at radius 3 is 2.57 bits per heavy atom. The number of aryl methyl sites for hydroxylation is 2. The van der Waals surface area contributed by atoms with Crippen molar-refractivity contribution in [2.24, 2.45) is 0 Å². The van der Waals surface area contributed by atoms with E-state index in [1.165, 1.54) is 4.31 Å². The van der Waals surface area contributed by atoms with Crippen molar-refractivity contribution in [1.82, 2.24) is 4.57 Å². The summed E-state index contributed by atoms with van der Waals surface area (Å²) in [4.78, 5) is 12.5. The summed E-state index contributed by atoms with van der Waals surface area (Å²) < 4.78 is 34.9. The third kappa shape index (κ3) is 2.96. The average molecular weight is 398 g/mol. The number of carbonyl (C=O) groups is 1. The van der Waals surface area contributed by atoms with Crippen LogP contribution in [0.5, 0.6) is 0 Å². The predicted molar refractivity (Wildman–Crippen MR) is 110 cm³/mol. The van der Waals surface area contributed by atoms with Crippen LogP contribution in [-0.4, -0.2) is 31.3 Å². The molecule has 4 rings (SSSR count). The summed E-state index contributed by atoms with van der Waals surface area (Å²) in [5.41, 5.74) is 3.31. The Labute approximate surface area is 164 Å². The number of carbonyl (C=O) groups excluding carboxylic acids is 1. The van der Waals surface area contributed by atoms with E-state index in [9.17, 15) is 13.2 Å². The van der Waals surface area contributed by atoms with Crippen LogP contribution in [0.25, 0.3) is 10.9 Å². The molecule has 0 bridgehead atoms. The van der Waals surface area contributed by atoms with Gasteiger partial charge in [-0.1, -0.05) is 25.1 Å². The minimum atomic E-state index is -3.61. The first-order chi connectivity index (χ1) is 13.5. The van der Waals surface area contributed by atoms with E-state index < -0.39 is 16.0 Å². The van der Waals surface area contributed by atoms with Crippen LogP contribution in [0.4, 0.5) is 11.4 Å². The van der Waals surface area contributed by atoms with Crippen molar-refractivity contribution < 1.29 is 17.9 Å². The molecule has 0 spiro atoms. The average Bonchev–Trinajstić information content (AvgIpc) is 3.00. The first-order valence-electron chi connectivity index (χ1n) is 9.37. The van der Waals surface area contributed by atoms with Gasteiger partial charge < -0.3 is 9.30 Å². The molecule has 2 aromatic carbocycles. The van der Waals surface area contributed by atoms with Crippen LogP contribution in [0.2, 0.25) is 0 Å². The summed E-state index contributed by atoms with van der Waals surface area (Å²) in [6, 6.07) is 12.4. The van der Waals surface area contributed by atoms with Gasteiger partial charge in [0.1, 0.15) is 0 Å². The molecule has 0 saturated heterocycles. The Kier molecular flexibility index (Phi) is 4.63. The van der Waals surface area contributed by atoms with Gasteiger partial charge in [0.2, 0.25) is 10.0 Å². The zero-order valence-electron chi connectivity index (χ0n) is 15.9. The van der Waals surface area contributed by atoms with Crippen molar-refractivity contribution in [3.05, 3.63) is 59.8 Å². The number of rotatable bonds is 4. The number of para-hydroxylation sites is 1. The highest BCUT2D eigenvalue weighted by Crippen LogP contribution is 2.40. The molecule has 0 amide bonds. The van der Waals surface area contributed by atoms with Crippen molar-refractivity contribution in [1.29, 1.82) is 0 Å².